The minimum atomic E-state index is -0.328. The van der Waals surface area contributed by atoms with Crippen molar-refractivity contribution >= 4 is 0 Å². The Morgan fingerprint density at radius 3 is 2.36 bits per heavy atom. The van der Waals surface area contributed by atoms with Crippen LogP contribution in [0.15, 0.2) is 11.6 Å². The molecule has 2 heteroatoms. The summed E-state index contributed by atoms with van der Waals surface area (Å²) >= 11 is 0. The molecule has 22 heavy (non-hydrogen) atoms. The highest BCUT2D eigenvalue weighted by Gasteiger charge is 2.58. The Morgan fingerprint density at radius 1 is 1.18 bits per heavy atom. The molecular weight excluding hydrogens is 270 g/mol. The molecule has 0 spiro atoms. The molecule has 0 aromatic heterocycles. The third-order valence-corrected chi connectivity index (χ3v) is 6.68. The molecule has 2 N–H and O–H groups in total. The summed E-state index contributed by atoms with van der Waals surface area (Å²) in [5.74, 6) is 1.58. The lowest BCUT2D eigenvalue weighted by Crippen LogP contribution is -2.61. The molecule has 2 nitrogen and oxygen atoms in total. The highest BCUT2D eigenvalue weighted by atomic mass is 16.3. The fraction of sp³-hybridized carbons (Fsp3) is 0.900. The predicted molar refractivity (Wildman–Crippen MR) is 92.8 cm³/mol. The van der Waals surface area contributed by atoms with Crippen LogP contribution in [0.4, 0.5) is 0 Å². The van der Waals surface area contributed by atoms with E-state index in [9.17, 15) is 5.11 Å². The number of hydrogen-bond acceptors (Lipinski definition) is 2. The largest absolute Gasteiger partial charge is 0.390 e. The average Bonchev–Trinajstić information content (AvgIpc) is 2.34. The van der Waals surface area contributed by atoms with Gasteiger partial charge in [-0.1, -0.05) is 11.6 Å². The molecule has 4 fully saturated rings. The summed E-state index contributed by atoms with van der Waals surface area (Å²) in [5.41, 5.74) is 1.46. The van der Waals surface area contributed by atoms with Crippen molar-refractivity contribution in [2.75, 3.05) is 0 Å². The smallest absolute Gasteiger partial charge is 0.0659 e. The van der Waals surface area contributed by atoms with Crippen LogP contribution in [0.5, 0.6) is 0 Å². The standard InChI is InChI=1S/C20H35NO/c1-14(2)6-5-7-15(3)21-16(4)19-9-17-8-18(10-19)12-20(22,11-17)13-19/h6,15-18,21-22H,5,7-13H2,1-4H3/t15-,16+,17-,18+,19?,20?/m0/s1. The molecule has 0 aromatic rings. The molecule has 0 aromatic carbocycles. The molecule has 2 unspecified atom stereocenters. The monoisotopic (exact) mass is 305 g/mol. The first-order valence-corrected chi connectivity index (χ1v) is 9.42. The van der Waals surface area contributed by atoms with Gasteiger partial charge in [0.15, 0.2) is 0 Å². The molecule has 126 valence electrons. The van der Waals surface area contributed by atoms with E-state index in [0.717, 1.165) is 31.1 Å². The second kappa shape index (κ2) is 5.94. The Balaban J connectivity index is 1.60. The first kappa shape index (κ1) is 16.5. The van der Waals surface area contributed by atoms with Gasteiger partial charge in [-0.15, -0.1) is 0 Å². The fourth-order valence-corrected chi connectivity index (χ4v) is 6.10. The molecule has 4 bridgehead atoms. The van der Waals surface area contributed by atoms with Crippen LogP contribution in [-0.2, 0) is 0 Å². The topological polar surface area (TPSA) is 32.3 Å². The number of hydrogen-bond donors (Lipinski definition) is 2. The number of allylic oxidation sites excluding steroid dienone is 2. The van der Waals surface area contributed by atoms with E-state index in [1.54, 1.807) is 0 Å². The molecule has 4 saturated carbocycles. The highest BCUT2D eigenvalue weighted by molar-refractivity contribution is 5.11. The minimum absolute atomic E-state index is 0.328. The summed E-state index contributed by atoms with van der Waals surface area (Å²) in [7, 11) is 0. The summed E-state index contributed by atoms with van der Waals surface area (Å²) in [4.78, 5) is 0. The lowest BCUT2D eigenvalue weighted by Gasteiger charge is -2.62. The van der Waals surface area contributed by atoms with Crippen molar-refractivity contribution in [1.29, 1.82) is 0 Å². The van der Waals surface area contributed by atoms with E-state index < -0.39 is 0 Å². The van der Waals surface area contributed by atoms with Crippen LogP contribution in [-0.4, -0.2) is 22.8 Å². The van der Waals surface area contributed by atoms with E-state index in [4.69, 9.17) is 0 Å². The van der Waals surface area contributed by atoms with Crippen molar-refractivity contribution in [3.63, 3.8) is 0 Å². The SMILES string of the molecule is CC(C)=CCC[C@H](C)N[C@H](C)C12C[C@@H]3C[C@@H](CC(O)(C3)C1)C2. The zero-order valence-corrected chi connectivity index (χ0v) is 15.0. The second-order valence-electron chi connectivity index (χ2n) is 9.20. The van der Waals surface area contributed by atoms with Gasteiger partial charge in [0.2, 0.25) is 0 Å². The Kier molecular flexibility index (Phi) is 4.46. The molecule has 0 aliphatic heterocycles. The van der Waals surface area contributed by atoms with Crippen molar-refractivity contribution in [2.45, 2.75) is 96.7 Å². The van der Waals surface area contributed by atoms with Crippen molar-refractivity contribution in [2.24, 2.45) is 17.3 Å². The maximum atomic E-state index is 10.9. The Morgan fingerprint density at radius 2 is 1.82 bits per heavy atom. The highest BCUT2D eigenvalue weighted by Crippen LogP contribution is 2.62. The van der Waals surface area contributed by atoms with Gasteiger partial charge in [-0.25, -0.2) is 0 Å². The van der Waals surface area contributed by atoms with Gasteiger partial charge in [0, 0.05) is 12.1 Å². The number of aliphatic hydroxyl groups is 1. The third kappa shape index (κ3) is 3.28. The minimum Gasteiger partial charge on any atom is -0.390 e. The zero-order valence-electron chi connectivity index (χ0n) is 15.0. The maximum Gasteiger partial charge on any atom is 0.0659 e. The molecule has 4 aliphatic rings. The van der Waals surface area contributed by atoms with Gasteiger partial charge in [0.05, 0.1) is 5.60 Å². The van der Waals surface area contributed by atoms with Crippen LogP contribution in [0, 0.1) is 17.3 Å². The summed E-state index contributed by atoms with van der Waals surface area (Å²) in [5, 5.41) is 14.8. The van der Waals surface area contributed by atoms with Gasteiger partial charge >= 0.3 is 0 Å². The maximum absolute atomic E-state index is 10.9. The number of rotatable bonds is 6. The van der Waals surface area contributed by atoms with Crippen LogP contribution in [0.25, 0.3) is 0 Å². The molecule has 0 saturated heterocycles. The fourth-order valence-electron chi connectivity index (χ4n) is 6.10. The van der Waals surface area contributed by atoms with Crippen LogP contribution >= 0.6 is 0 Å². The summed E-state index contributed by atoms with van der Waals surface area (Å²) in [6, 6.07) is 1.10. The molecular formula is C20H35NO. The van der Waals surface area contributed by atoms with E-state index in [0.29, 0.717) is 17.5 Å². The van der Waals surface area contributed by atoms with Crippen molar-refractivity contribution in [3.05, 3.63) is 11.6 Å². The Hall–Kier alpha value is -0.340. The predicted octanol–water partition coefficient (Wildman–Crippen LogP) is 4.43. The first-order valence-electron chi connectivity index (χ1n) is 9.42. The lowest BCUT2D eigenvalue weighted by molar-refractivity contribution is -0.172. The van der Waals surface area contributed by atoms with Crippen LogP contribution in [0.3, 0.4) is 0 Å². The van der Waals surface area contributed by atoms with E-state index in [1.165, 1.54) is 37.7 Å². The molecule has 0 amide bonds. The molecule has 0 radical (unpaired) electrons. The number of nitrogens with one attached hydrogen (secondary N) is 1. The second-order valence-corrected chi connectivity index (χ2v) is 9.20. The van der Waals surface area contributed by atoms with Crippen LogP contribution < -0.4 is 5.32 Å². The van der Waals surface area contributed by atoms with Crippen molar-refractivity contribution in [3.8, 4) is 0 Å². The quantitative estimate of drug-likeness (QED) is 0.711. The lowest BCUT2D eigenvalue weighted by atomic mass is 9.46. The van der Waals surface area contributed by atoms with Gasteiger partial charge < -0.3 is 10.4 Å². The zero-order chi connectivity index (χ0) is 16.0. The molecule has 6 atom stereocenters. The van der Waals surface area contributed by atoms with E-state index in [2.05, 4.69) is 39.1 Å². The first-order chi connectivity index (χ1) is 10.3. The Labute approximate surface area is 136 Å². The van der Waals surface area contributed by atoms with Gasteiger partial charge in [-0.3, -0.25) is 0 Å². The van der Waals surface area contributed by atoms with Crippen molar-refractivity contribution in [1.82, 2.24) is 5.32 Å². The molecule has 4 rings (SSSR count). The van der Waals surface area contributed by atoms with Crippen LogP contribution in [0.1, 0.15) is 79.1 Å². The third-order valence-electron chi connectivity index (χ3n) is 6.68. The van der Waals surface area contributed by atoms with Gasteiger partial charge in [-0.05, 0) is 96.3 Å². The van der Waals surface area contributed by atoms with Gasteiger partial charge in [0.1, 0.15) is 0 Å². The van der Waals surface area contributed by atoms with Crippen LogP contribution in [0.2, 0.25) is 0 Å². The molecule has 4 aliphatic carbocycles. The molecule has 0 heterocycles. The summed E-state index contributed by atoms with van der Waals surface area (Å²) in [6.45, 7) is 9.06. The Bertz CT molecular complexity index is 423. The van der Waals surface area contributed by atoms with Gasteiger partial charge in [-0.2, -0.15) is 0 Å². The average molecular weight is 306 g/mol. The van der Waals surface area contributed by atoms with Crippen molar-refractivity contribution < 1.29 is 5.11 Å². The normalized spacial score (nSPS) is 42.2. The van der Waals surface area contributed by atoms with E-state index >= 15 is 0 Å². The van der Waals surface area contributed by atoms with Gasteiger partial charge in [0.25, 0.3) is 0 Å². The summed E-state index contributed by atoms with van der Waals surface area (Å²) in [6.07, 6.45) is 12.0. The van der Waals surface area contributed by atoms with E-state index in [-0.39, 0.29) is 5.60 Å². The summed E-state index contributed by atoms with van der Waals surface area (Å²) < 4.78 is 0. The van der Waals surface area contributed by atoms with E-state index in [1.807, 2.05) is 0 Å².